The van der Waals surface area contributed by atoms with E-state index in [2.05, 4.69) is 4.98 Å². The molecule has 0 bridgehead atoms. The molecule has 68 valence electrons. The smallest absolute Gasteiger partial charge is 0.355 e. The Bertz CT molecular complexity index is 280. The Hall–Kier alpha value is -0.680. The van der Waals surface area contributed by atoms with Gasteiger partial charge in [0, 0.05) is 12.4 Å². The molecule has 0 aliphatic heterocycles. The monoisotopic (exact) mass is 192 g/mol. The number of hydrogen-bond acceptors (Lipinski definition) is 3. The van der Waals surface area contributed by atoms with E-state index in [1.54, 1.807) is 0 Å². The van der Waals surface area contributed by atoms with Crippen molar-refractivity contribution in [2.45, 2.75) is 12.4 Å². The van der Waals surface area contributed by atoms with Crippen molar-refractivity contribution in [3.8, 4) is 0 Å². The lowest BCUT2D eigenvalue weighted by Crippen LogP contribution is -2.14. The second-order valence-electron chi connectivity index (χ2n) is 2.33. The molecule has 0 aliphatic carbocycles. The predicted molar refractivity (Wildman–Crippen MR) is 40.3 cm³/mol. The molecule has 0 fully saturated rings. The molecule has 1 aromatic rings. The molecule has 0 aromatic carbocycles. The van der Waals surface area contributed by atoms with Crippen molar-refractivity contribution >= 4 is 7.60 Å². The Morgan fingerprint density at radius 2 is 2.25 bits per heavy atom. The second kappa shape index (κ2) is 3.37. The quantitative estimate of drug-likeness (QED) is 0.554. The summed E-state index contributed by atoms with van der Waals surface area (Å²) >= 11 is 0. The molecule has 6 nitrogen and oxygen atoms in total. The van der Waals surface area contributed by atoms with E-state index in [4.69, 9.17) is 14.9 Å². The molecule has 1 heterocycles. The fraction of sp³-hybridized carbons (Fsp3) is 0.400. The van der Waals surface area contributed by atoms with E-state index in [9.17, 15) is 4.57 Å². The number of nitrogens with zero attached hydrogens (tertiary/aromatic N) is 2. The third-order valence-electron chi connectivity index (χ3n) is 1.32. The van der Waals surface area contributed by atoms with E-state index < -0.39 is 13.4 Å². The molecule has 1 unspecified atom stereocenters. The molecule has 1 atom stereocenters. The molecule has 0 spiro atoms. The number of imidazole rings is 1. The minimum atomic E-state index is -4.39. The predicted octanol–water partition coefficient (Wildman–Crippen LogP) is -0.621. The van der Waals surface area contributed by atoms with Crippen LogP contribution < -0.4 is 0 Å². The van der Waals surface area contributed by atoms with Gasteiger partial charge in [0.05, 0.1) is 12.9 Å². The molecule has 0 aliphatic rings. The van der Waals surface area contributed by atoms with Gasteiger partial charge >= 0.3 is 7.60 Å². The van der Waals surface area contributed by atoms with Crippen LogP contribution >= 0.6 is 7.60 Å². The minimum Gasteiger partial charge on any atom is -0.379 e. The van der Waals surface area contributed by atoms with Gasteiger partial charge in [-0.05, 0) is 0 Å². The number of aliphatic hydroxyl groups excluding tert-OH is 1. The van der Waals surface area contributed by atoms with Gasteiger partial charge in [-0.15, -0.1) is 0 Å². The van der Waals surface area contributed by atoms with Crippen LogP contribution in [0.25, 0.3) is 0 Å². The van der Waals surface area contributed by atoms with Crippen LogP contribution in [0.5, 0.6) is 0 Å². The topological polar surface area (TPSA) is 95.6 Å². The Balaban J connectivity index is 2.59. The van der Waals surface area contributed by atoms with Crippen LogP contribution in [0.2, 0.25) is 0 Å². The van der Waals surface area contributed by atoms with Gasteiger partial charge < -0.3 is 19.5 Å². The van der Waals surface area contributed by atoms with Gasteiger partial charge in [0.25, 0.3) is 0 Å². The van der Waals surface area contributed by atoms with Gasteiger partial charge in [-0.2, -0.15) is 0 Å². The molecule has 12 heavy (non-hydrogen) atoms. The normalized spacial score (nSPS) is 14.6. The van der Waals surface area contributed by atoms with Crippen LogP contribution in [-0.4, -0.2) is 30.3 Å². The fourth-order valence-electron chi connectivity index (χ4n) is 0.690. The van der Waals surface area contributed by atoms with Crippen molar-refractivity contribution in [2.75, 3.05) is 0 Å². The van der Waals surface area contributed by atoms with Gasteiger partial charge in [0.1, 0.15) is 0 Å². The van der Waals surface area contributed by atoms with E-state index >= 15 is 0 Å². The van der Waals surface area contributed by atoms with Crippen molar-refractivity contribution < 1.29 is 19.5 Å². The van der Waals surface area contributed by atoms with E-state index in [1.165, 1.54) is 23.3 Å². The van der Waals surface area contributed by atoms with Crippen molar-refractivity contribution in [1.82, 2.24) is 9.55 Å². The minimum absolute atomic E-state index is 0.149. The molecule has 1 rings (SSSR count). The average Bonchev–Trinajstić information content (AvgIpc) is 2.37. The third kappa shape index (κ3) is 2.42. The summed E-state index contributed by atoms with van der Waals surface area (Å²) in [5, 5.41) is 8.95. The Labute approximate surface area is 68.6 Å². The molecule has 0 radical (unpaired) electrons. The molecular weight excluding hydrogens is 183 g/mol. The fourth-order valence-corrected chi connectivity index (χ4v) is 1.09. The van der Waals surface area contributed by atoms with E-state index in [0.29, 0.717) is 0 Å². The Morgan fingerprint density at radius 3 is 2.67 bits per heavy atom. The zero-order valence-electron chi connectivity index (χ0n) is 6.11. The van der Waals surface area contributed by atoms with Crippen molar-refractivity contribution in [3.63, 3.8) is 0 Å². The maximum Gasteiger partial charge on any atom is 0.355 e. The number of rotatable bonds is 3. The molecule has 7 heteroatoms. The summed E-state index contributed by atoms with van der Waals surface area (Å²) in [5.41, 5.74) is 0. The summed E-state index contributed by atoms with van der Waals surface area (Å²) in [4.78, 5) is 20.7. The van der Waals surface area contributed by atoms with Crippen molar-refractivity contribution in [3.05, 3.63) is 18.7 Å². The van der Waals surface area contributed by atoms with Crippen LogP contribution in [-0.2, 0) is 11.1 Å². The zero-order chi connectivity index (χ0) is 9.19. The SMILES string of the molecule is O=P(O)(O)C(O)Cn1ccnc1. The van der Waals surface area contributed by atoms with Gasteiger partial charge in [-0.3, -0.25) is 4.57 Å². The summed E-state index contributed by atoms with van der Waals surface area (Å²) < 4.78 is 11.9. The average molecular weight is 192 g/mol. The number of aromatic nitrogens is 2. The maximum atomic E-state index is 10.5. The summed E-state index contributed by atoms with van der Waals surface area (Å²) in [6, 6.07) is 0. The first kappa shape index (κ1) is 9.41. The lowest BCUT2D eigenvalue weighted by molar-refractivity contribution is 0.185. The highest BCUT2D eigenvalue weighted by Crippen LogP contribution is 2.40. The highest BCUT2D eigenvalue weighted by Gasteiger charge is 2.26. The van der Waals surface area contributed by atoms with Crippen LogP contribution in [0.15, 0.2) is 18.7 Å². The largest absolute Gasteiger partial charge is 0.379 e. The molecule has 1 aromatic heterocycles. The first-order chi connectivity index (χ1) is 5.50. The molecule has 0 saturated heterocycles. The molecule has 3 N–H and O–H groups in total. The molecule has 0 saturated carbocycles. The van der Waals surface area contributed by atoms with Gasteiger partial charge in [0.15, 0.2) is 5.85 Å². The van der Waals surface area contributed by atoms with Crippen LogP contribution in [0.1, 0.15) is 0 Å². The van der Waals surface area contributed by atoms with Crippen molar-refractivity contribution in [1.29, 1.82) is 0 Å². The van der Waals surface area contributed by atoms with Gasteiger partial charge in [-0.1, -0.05) is 0 Å². The van der Waals surface area contributed by atoms with E-state index in [-0.39, 0.29) is 6.54 Å². The zero-order valence-corrected chi connectivity index (χ0v) is 7.00. The lowest BCUT2D eigenvalue weighted by Gasteiger charge is -2.11. The van der Waals surface area contributed by atoms with Crippen LogP contribution in [0.4, 0.5) is 0 Å². The van der Waals surface area contributed by atoms with Crippen LogP contribution in [0, 0.1) is 0 Å². The van der Waals surface area contributed by atoms with E-state index in [1.807, 2.05) is 0 Å². The summed E-state index contributed by atoms with van der Waals surface area (Å²) in [6.45, 7) is -0.149. The summed E-state index contributed by atoms with van der Waals surface area (Å²) in [5.74, 6) is -1.66. The Kier molecular flexibility index (Phi) is 2.64. The standard InChI is InChI=1S/C5H9N2O4P/c8-5(12(9,10)11)3-7-2-1-6-4-7/h1-2,4-5,8H,3H2,(H2,9,10,11). The number of aliphatic hydroxyl groups is 1. The molecule has 0 amide bonds. The second-order valence-corrected chi connectivity index (χ2v) is 4.10. The Morgan fingerprint density at radius 1 is 1.58 bits per heavy atom. The number of hydrogen-bond donors (Lipinski definition) is 3. The van der Waals surface area contributed by atoms with Gasteiger partial charge in [0.2, 0.25) is 0 Å². The molecular formula is C5H9N2O4P. The lowest BCUT2D eigenvalue weighted by atomic mass is 10.6. The maximum absolute atomic E-state index is 10.5. The highest BCUT2D eigenvalue weighted by molar-refractivity contribution is 7.52. The first-order valence-electron chi connectivity index (χ1n) is 3.19. The summed E-state index contributed by atoms with van der Waals surface area (Å²) in [7, 11) is -4.39. The summed E-state index contributed by atoms with van der Waals surface area (Å²) in [6.07, 6.45) is 4.35. The third-order valence-corrected chi connectivity index (χ3v) is 2.26. The van der Waals surface area contributed by atoms with Crippen LogP contribution in [0.3, 0.4) is 0 Å². The highest BCUT2D eigenvalue weighted by atomic mass is 31.2. The van der Waals surface area contributed by atoms with E-state index in [0.717, 1.165) is 0 Å². The first-order valence-corrected chi connectivity index (χ1v) is 4.87. The van der Waals surface area contributed by atoms with Gasteiger partial charge in [-0.25, -0.2) is 4.98 Å². The van der Waals surface area contributed by atoms with Crippen molar-refractivity contribution in [2.24, 2.45) is 0 Å².